The van der Waals surface area contributed by atoms with E-state index >= 15 is 0 Å². The van der Waals surface area contributed by atoms with Crippen molar-refractivity contribution in [1.82, 2.24) is 62.8 Å². The van der Waals surface area contributed by atoms with Crippen molar-refractivity contribution in [3.63, 3.8) is 0 Å². The summed E-state index contributed by atoms with van der Waals surface area (Å²) in [4.78, 5) is 167. The van der Waals surface area contributed by atoms with E-state index in [2.05, 4.69) is 63.2 Å². The lowest BCUT2D eigenvalue weighted by molar-refractivity contribution is -0.142. The first-order chi connectivity index (χ1) is 41.6. The average Bonchev–Trinajstić information content (AvgIpc) is 4.16. The lowest BCUT2D eigenvalue weighted by Gasteiger charge is -2.27. The Hall–Kier alpha value is -7.41. The molecule has 2 saturated heterocycles. The number of carboxylic acid groups (broad SMARTS) is 3. The fourth-order valence-electron chi connectivity index (χ4n) is 8.04. The van der Waals surface area contributed by atoms with Crippen LogP contribution < -0.4 is 59.3 Å². The second kappa shape index (κ2) is 39.4. The average molecular weight is 1300 g/mol. The molecule has 8 atom stereocenters. The summed E-state index contributed by atoms with van der Waals surface area (Å²) in [5.41, 5.74) is 12.0. The van der Waals surface area contributed by atoms with Crippen molar-refractivity contribution >= 4 is 120 Å². The van der Waals surface area contributed by atoms with Gasteiger partial charge in [-0.05, 0) is 44.1 Å². The molecule has 1 aromatic heterocycles. The minimum Gasteiger partial charge on any atom is -0.481 e. The Morgan fingerprint density at radius 1 is 0.690 bits per heavy atom. The predicted molar refractivity (Wildman–Crippen MR) is 320 cm³/mol. The van der Waals surface area contributed by atoms with Gasteiger partial charge in [-0.15, -0.1) is 5.10 Å². The first-order valence-electron chi connectivity index (χ1n) is 27.6. The summed E-state index contributed by atoms with van der Waals surface area (Å²) in [6.45, 7) is 3.32. The number of aryl methyl sites for hydroxylation is 1. The number of nitrogens with two attached hydrogens (primary N) is 2. The van der Waals surface area contributed by atoms with Gasteiger partial charge in [-0.3, -0.25) is 57.7 Å². The van der Waals surface area contributed by atoms with Crippen LogP contribution in [-0.2, 0) is 86.4 Å². The Morgan fingerprint density at radius 2 is 1.31 bits per heavy atom. The molecule has 2 fully saturated rings. The molecule has 480 valence electrons. The highest BCUT2D eigenvalue weighted by atomic mass is 33.1. The number of nitrogens with one attached hydrogen (secondary N) is 9. The number of guanidine groups is 1. The highest BCUT2D eigenvalue weighted by molar-refractivity contribution is 8.77. The third-order valence-corrected chi connectivity index (χ3v) is 17.3. The number of rotatable bonds is 24. The maximum Gasteiger partial charge on any atom is 0.327 e. The van der Waals surface area contributed by atoms with Gasteiger partial charge >= 0.3 is 17.9 Å². The molecule has 4 rings (SSSR count). The van der Waals surface area contributed by atoms with Crippen molar-refractivity contribution in [2.75, 3.05) is 62.5 Å². The first kappa shape index (κ1) is 72.1. The smallest absolute Gasteiger partial charge is 0.327 e. The SMILES string of the molecule is CCCOCCOCCn1cc(CCCC(=O)N[C@H]2CSSC[C@@H](C(=O)O)NC(=O)[C@H](Cc3ccccc3)NC(=O)[C@@H]3CCSSC[C@H](NC(=O)[C@H](CC(=O)O)NC2=O)C(=O)N[C@@H](CCCN=C(N)N)C(=O)NCC(=O)N[C@@H](CC(=O)O)C(=O)N3)nn1. The molecule has 2 aliphatic rings. The second-order valence-corrected chi connectivity index (χ2v) is 24.7. The van der Waals surface area contributed by atoms with Gasteiger partial charge in [0.1, 0.15) is 48.3 Å². The molecule has 32 nitrogen and oxygen atoms in total. The number of carbonyl (C=O) groups is 12. The quantitative estimate of drug-likeness (QED) is 0.0210. The highest BCUT2D eigenvalue weighted by Crippen LogP contribution is 2.26. The number of benzene rings is 1. The molecule has 2 bridgehead atoms. The van der Waals surface area contributed by atoms with Gasteiger partial charge < -0.3 is 84.1 Å². The highest BCUT2D eigenvalue weighted by Gasteiger charge is 2.36. The van der Waals surface area contributed by atoms with E-state index in [-0.39, 0.29) is 80.5 Å². The van der Waals surface area contributed by atoms with E-state index in [1.54, 1.807) is 41.2 Å². The van der Waals surface area contributed by atoms with Gasteiger partial charge in [-0.25, -0.2) is 9.48 Å². The molecule has 2 aromatic rings. The van der Waals surface area contributed by atoms with Crippen LogP contribution in [0.2, 0.25) is 0 Å². The minimum absolute atomic E-state index is 0.0316. The molecular weight excluding hydrogens is 1220 g/mol. The van der Waals surface area contributed by atoms with Crippen molar-refractivity contribution in [2.45, 2.75) is 126 Å². The Morgan fingerprint density at radius 3 is 1.99 bits per heavy atom. The van der Waals surface area contributed by atoms with Crippen molar-refractivity contribution in [1.29, 1.82) is 0 Å². The fourth-order valence-corrected chi connectivity index (χ4v) is 12.6. The van der Waals surface area contributed by atoms with Crippen molar-refractivity contribution < 1.29 is 82.3 Å². The van der Waals surface area contributed by atoms with Gasteiger partial charge in [-0.2, -0.15) is 0 Å². The van der Waals surface area contributed by atoms with E-state index in [0.29, 0.717) is 44.2 Å². The number of amides is 9. The summed E-state index contributed by atoms with van der Waals surface area (Å²) in [6.07, 6.45) is 0.283. The van der Waals surface area contributed by atoms with Crippen molar-refractivity contribution in [2.24, 2.45) is 16.5 Å². The van der Waals surface area contributed by atoms with Crippen LogP contribution in [0, 0.1) is 0 Å². The van der Waals surface area contributed by atoms with E-state index in [1.165, 1.54) is 0 Å². The van der Waals surface area contributed by atoms with Crippen LogP contribution in [0.1, 0.15) is 69.5 Å². The van der Waals surface area contributed by atoms with Gasteiger partial charge in [0.15, 0.2) is 5.96 Å². The zero-order valence-electron chi connectivity index (χ0n) is 47.6. The molecule has 9 amide bonds. The molecule has 36 heteroatoms. The molecule has 0 radical (unpaired) electrons. The van der Waals surface area contributed by atoms with E-state index < -0.39 is 139 Å². The third-order valence-electron chi connectivity index (χ3n) is 12.5. The number of ether oxygens (including phenoxy) is 2. The summed E-state index contributed by atoms with van der Waals surface area (Å²) < 4.78 is 12.6. The molecule has 16 N–H and O–H groups in total. The summed E-state index contributed by atoms with van der Waals surface area (Å²) in [5, 5.41) is 60.2. The fraction of sp³-hybridized carbons (Fsp3) is 0.588. The third kappa shape index (κ3) is 28.3. The maximum atomic E-state index is 14.4. The monoisotopic (exact) mass is 1300 g/mol. The summed E-state index contributed by atoms with van der Waals surface area (Å²) >= 11 is 0. The summed E-state index contributed by atoms with van der Waals surface area (Å²) in [5.74, 6) is -15.2. The number of carboxylic acids is 3. The number of hydrogen-bond donors (Lipinski definition) is 14. The molecule has 0 unspecified atom stereocenters. The number of aliphatic carboxylic acids is 3. The number of nitrogens with zero attached hydrogens (tertiary/aromatic N) is 4. The molecule has 87 heavy (non-hydrogen) atoms. The zero-order valence-corrected chi connectivity index (χ0v) is 50.8. The van der Waals surface area contributed by atoms with E-state index in [4.69, 9.17) is 20.9 Å². The normalized spacial score (nSPS) is 22.8. The second-order valence-electron chi connectivity index (χ2n) is 19.5. The van der Waals surface area contributed by atoms with Crippen LogP contribution in [0.4, 0.5) is 0 Å². The van der Waals surface area contributed by atoms with Gasteiger partial charge in [0.2, 0.25) is 53.2 Å². The molecule has 0 aliphatic carbocycles. The number of aliphatic imine (C=N–C) groups is 1. The largest absolute Gasteiger partial charge is 0.481 e. The molecular formula is C51H75N15O17S4. The van der Waals surface area contributed by atoms with Gasteiger partial charge in [0.25, 0.3) is 0 Å². The summed E-state index contributed by atoms with van der Waals surface area (Å²) in [6, 6.07) is -4.85. The Kier molecular flexibility index (Phi) is 32.6. The molecule has 2 aliphatic heterocycles. The molecule has 0 spiro atoms. The Labute approximate surface area is 515 Å². The predicted octanol–water partition coefficient (Wildman–Crippen LogP) is -3.45. The van der Waals surface area contributed by atoms with Crippen LogP contribution in [0.25, 0.3) is 0 Å². The van der Waals surface area contributed by atoms with E-state index in [0.717, 1.165) is 49.6 Å². The van der Waals surface area contributed by atoms with Gasteiger partial charge in [-0.1, -0.05) is 85.6 Å². The maximum absolute atomic E-state index is 14.4. The van der Waals surface area contributed by atoms with Crippen LogP contribution in [0.15, 0.2) is 41.5 Å². The lowest BCUT2D eigenvalue weighted by atomic mass is 10.0. The van der Waals surface area contributed by atoms with Crippen LogP contribution in [0.3, 0.4) is 0 Å². The van der Waals surface area contributed by atoms with E-state index in [1.807, 2.05) is 6.92 Å². The van der Waals surface area contributed by atoms with Crippen molar-refractivity contribution in [3.8, 4) is 0 Å². The number of carbonyl (C=O) groups excluding carboxylic acids is 9. The van der Waals surface area contributed by atoms with Gasteiger partial charge in [0.05, 0.1) is 51.4 Å². The summed E-state index contributed by atoms with van der Waals surface area (Å²) in [7, 11) is 3.64. The molecule has 1 aromatic carbocycles. The Bertz CT molecular complexity index is 2690. The number of hydrogen-bond acceptors (Lipinski definition) is 21. The zero-order chi connectivity index (χ0) is 63.7. The number of fused-ring (bicyclic) bond motifs is 6. The van der Waals surface area contributed by atoms with Crippen LogP contribution in [0.5, 0.6) is 0 Å². The van der Waals surface area contributed by atoms with Crippen LogP contribution in [-0.4, -0.2) is 218 Å². The Balaban J connectivity index is 1.72. The first-order valence-corrected chi connectivity index (χ1v) is 32.6. The minimum atomic E-state index is -1.92. The lowest BCUT2D eigenvalue weighted by Crippen LogP contribution is -2.60. The topological polar surface area (TPSA) is 487 Å². The molecule has 0 saturated carbocycles. The number of aromatic nitrogens is 3. The van der Waals surface area contributed by atoms with Crippen LogP contribution >= 0.6 is 43.2 Å². The van der Waals surface area contributed by atoms with Crippen molar-refractivity contribution in [3.05, 3.63) is 47.8 Å². The van der Waals surface area contributed by atoms with E-state index in [9.17, 15) is 72.9 Å². The van der Waals surface area contributed by atoms with Gasteiger partial charge in [0, 0.05) is 55.2 Å². The standard InChI is InChI=1S/C51H75N15O17S4/c1-2-16-82-18-19-83-17-15-66-25-30(64-65-66)10-6-12-39(67)57-36-26-86-87-28-38(50(80)81)63-45(75)33(21-29-8-4-3-5-9-29)60-44(74)32-13-20-84-85-27-37(62-47(77)35(23-42(71)72)61-48(36)78)49(79)58-31(11-7-14-54-51(52)53)43(73)55-24-40(68)56-34(22-41(69)70)46(76)59-32/h3-5,8-9,25,31-38H,2,6-7,10-24,26-28H2,1H3,(H,55,73)(H,56,68)(H,57,67)(H,58,79)(H,59,76)(H,60,74)(H,61,78)(H,62,77)(H,63,75)(H,69,70)(H,71,72)(H,80,81)(H4,52,53,54)/t31-,32-,33-,34-,35-,36-,37-,38-/m0/s1. The molecule has 3 heterocycles.